The average Bonchev–Trinajstić information content (AvgIpc) is 4.03. The van der Waals surface area contributed by atoms with E-state index in [1.165, 1.54) is 0 Å². The lowest BCUT2D eigenvalue weighted by Crippen LogP contribution is -2.20. The van der Waals surface area contributed by atoms with Crippen LogP contribution >= 0.6 is 0 Å². The van der Waals surface area contributed by atoms with Crippen molar-refractivity contribution in [2.45, 2.75) is 13.5 Å². The number of aromatic nitrogens is 2. The molecule has 5 heterocycles. The van der Waals surface area contributed by atoms with Gasteiger partial charge in [0.2, 0.25) is 0 Å². The SMILES string of the molecule is CCOCc1c2c[nH]c1C(c1ccccc1)=c1ccc([nH]1)=C(c1ccccc1)C1=NC(=C(c3ccccc3)C3=NC(=C2c2ccccc2)C=C3)C=C1. The highest BCUT2D eigenvalue weighted by Crippen LogP contribution is 2.38. The second-order valence-electron chi connectivity index (χ2n) is 12.9. The van der Waals surface area contributed by atoms with Crippen LogP contribution in [0.25, 0.3) is 22.3 Å². The molecule has 0 radical (unpaired) electrons. The fourth-order valence-corrected chi connectivity index (χ4v) is 7.38. The summed E-state index contributed by atoms with van der Waals surface area (Å²) in [5, 5.41) is 1.97. The largest absolute Gasteiger partial charge is 0.377 e. The van der Waals surface area contributed by atoms with E-state index in [-0.39, 0.29) is 0 Å². The molecular weight excluding hydrogens is 637 g/mol. The molecule has 0 fully saturated rings. The number of allylic oxidation sites excluding steroid dienone is 5. The molecule has 8 bridgehead atoms. The van der Waals surface area contributed by atoms with Gasteiger partial charge in [-0.25, -0.2) is 9.98 Å². The Morgan fingerprint density at radius 1 is 0.500 bits per heavy atom. The van der Waals surface area contributed by atoms with Crippen molar-refractivity contribution in [1.29, 1.82) is 0 Å². The maximum atomic E-state index is 6.26. The zero-order valence-electron chi connectivity index (χ0n) is 28.8. The third-order valence-electron chi connectivity index (χ3n) is 9.74. The first-order valence-electron chi connectivity index (χ1n) is 17.7. The number of nitrogens with one attached hydrogen (secondary N) is 2. The molecule has 0 unspecified atom stereocenters. The van der Waals surface area contributed by atoms with E-state index in [9.17, 15) is 0 Å². The molecule has 52 heavy (non-hydrogen) atoms. The van der Waals surface area contributed by atoms with Gasteiger partial charge in [-0.3, -0.25) is 0 Å². The Balaban J connectivity index is 1.45. The number of aromatic amines is 2. The van der Waals surface area contributed by atoms with Crippen LogP contribution in [0.5, 0.6) is 0 Å². The Morgan fingerprint density at radius 3 is 1.52 bits per heavy atom. The van der Waals surface area contributed by atoms with Gasteiger partial charge in [-0.1, -0.05) is 121 Å². The Morgan fingerprint density at radius 2 is 0.962 bits per heavy atom. The monoisotopic (exact) mass is 672 g/mol. The van der Waals surface area contributed by atoms with E-state index in [0.29, 0.717) is 13.2 Å². The lowest BCUT2D eigenvalue weighted by Gasteiger charge is -2.15. The van der Waals surface area contributed by atoms with E-state index < -0.39 is 0 Å². The van der Waals surface area contributed by atoms with Crippen molar-refractivity contribution in [1.82, 2.24) is 9.97 Å². The van der Waals surface area contributed by atoms with Crippen LogP contribution in [0, 0.1) is 0 Å². The number of hydrogen-bond acceptors (Lipinski definition) is 3. The van der Waals surface area contributed by atoms with E-state index in [1.54, 1.807) is 0 Å². The van der Waals surface area contributed by atoms with Crippen LogP contribution in [0.4, 0.5) is 0 Å². The number of ether oxygens (including phenoxy) is 1. The fourth-order valence-electron chi connectivity index (χ4n) is 7.38. The second-order valence-corrected chi connectivity index (χ2v) is 12.9. The first kappa shape index (κ1) is 31.4. The van der Waals surface area contributed by atoms with Gasteiger partial charge in [0.15, 0.2) is 0 Å². The third-order valence-corrected chi connectivity index (χ3v) is 9.74. The van der Waals surface area contributed by atoms with Crippen molar-refractivity contribution >= 4 is 33.7 Å². The van der Waals surface area contributed by atoms with Crippen molar-refractivity contribution in [3.05, 3.63) is 225 Å². The summed E-state index contributed by atoms with van der Waals surface area (Å²) in [6.07, 6.45) is 10.6. The summed E-state index contributed by atoms with van der Waals surface area (Å²) in [4.78, 5) is 18.4. The zero-order chi connectivity index (χ0) is 34.9. The van der Waals surface area contributed by atoms with Gasteiger partial charge >= 0.3 is 0 Å². The molecule has 4 aromatic carbocycles. The zero-order valence-corrected chi connectivity index (χ0v) is 28.8. The third kappa shape index (κ3) is 5.67. The standard InChI is InChI=1S/C47H36N4O/c1-2-52-30-36-35-29-48-47(36)46(34-21-13-6-14-22-34)42-28-27-41(51-42)45(33-19-11-5-12-20-33)40-26-25-39(50-40)44(32-17-9-4-10-18-32)38-24-23-37(49-38)43(35)31-15-7-3-8-16-31/h3-29,48,51H,2,30H2,1H3. The second kappa shape index (κ2) is 13.6. The van der Waals surface area contributed by atoms with Crippen molar-refractivity contribution < 1.29 is 4.74 Å². The predicted molar refractivity (Wildman–Crippen MR) is 212 cm³/mol. The van der Waals surface area contributed by atoms with Crippen LogP contribution < -0.4 is 10.7 Å². The molecule has 0 spiro atoms. The maximum absolute atomic E-state index is 6.26. The van der Waals surface area contributed by atoms with Crippen LogP contribution in [0.3, 0.4) is 0 Å². The number of aliphatic imine (C=N–C) groups is 2. The highest BCUT2D eigenvalue weighted by atomic mass is 16.5. The summed E-state index contributed by atoms with van der Waals surface area (Å²) in [6, 6.07) is 46.4. The number of rotatable bonds is 7. The van der Waals surface area contributed by atoms with Crippen molar-refractivity contribution in [3.63, 3.8) is 0 Å². The molecular formula is C47H36N4O. The number of benzene rings is 4. The maximum Gasteiger partial charge on any atom is 0.0743 e. The van der Waals surface area contributed by atoms with E-state index in [2.05, 4.69) is 162 Å². The van der Waals surface area contributed by atoms with Gasteiger partial charge < -0.3 is 14.7 Å². The lowest BCUT2D eigenvalue weighted by molar-refractivity contribution is 0.134. The number of H-pyrrole nitrogens is 2. The van der Waals surface area contributed by atoms with Gasteiger partial charge in [0, 0.05) is 56.9 Å². The van der Waals surface area contributed by atoms with Gasteiger partial charge in [0.1, 0.15) is 0 Å². The van der Waals surface area contributed by atoms with Crippen LogP contribution in [0.1, 0.15) is 46.0 Å². The number of fused-ring (bicyclic) bond motifs is 6. The number of hydrogen-bond donors (Lipinski definition) is 2. The van der Waals surface area contributed by atoms with E-state index in [0.717, 1.165) is 94.9 Å². The lowest BCUT2D eigenvalue weighted by atomic mass is 9.92. The van der Waals surface area contributed by atoms with Gasteiger partial charge in [0.25, 0.3) is 0 Å². The summed E-state index contributed by atoms with van der Waals surface area (Å²) in [5.74, 6) is 0. The Kier molecular flexibility index (Phi) is 8.24. The summed E-state index contributed by atoms with van der Waals surface area (Å²) in [7, 11) is 0. The molecule has 0 aliphatic carbocycles. The van der Waals surface area contributed by atoms with Gasteiger partial charge in [0.05, 0.1) is 35.1 Å². The quantitative estimate of drug-likeness (QED) is 0.176. The average molecular weight is 673 g/mol. The van der Waals surface area contributed by atoms with Crippen LogP contribution in [0.15, 0.2) is 185 Å². The predicted octanol–water partition coefficient (Wildman–Crippen LogP) is 8.53. The first-order chi connectivity index (χ1) is 25.8. The van der Waals surface area contributed by atoms with Crippen molar-refractivity contribution in [2.75, 3.05) is 6.61 Å². The van der Waals surface area contributed by atoms with E-state index >= 15 is 0 Å². The minimum atomic E-state index is 0.430. The molecule has 0 saturated carbocycles. The number of nitrogens with zero attached hydrogens (tertiary/aromatic N) is 2. The normalized spacial score (nSPS) is 15.1. The molecule has 2 aromatic heterocycles. The Hall–Kier alpha value is -6.56. The van der Waals surface area contributed by atoms with Crippen molar-refractivity contribution in [3.8, 4) is 0 Å². The first-order valence-corrected chi connectivity index (χ1v) is 17.7. The van der Waals surface area contributed by atoms with E-state index in [1.807, 2.05) is 19.1 Å². The smallest absolute Gasteiger partial charge is 0.0743 e. The highest BCUT2D eigenvalue weighted by Gasteiger charge is 2.26. The van der Waals surface area contributed by atoms with Crippen molar-refractivity contribution in [2.24, 2.45) is 9.98 Å². The summed E-state index contributed by atoms with van der Waals surface area (Å²) in [6.45, 7) is 3.07. The molecule has 5 nitrogen and oxygen atoms in total. The molecule has 0 amide bonds. The molecule has 0 saturated heterocycles. The molecule has 250 valence electrons. The molecule has 2 N–H and O–H groups in total. The van der Waals surface area contributed by atoms with Crippen LogP contribution in [0.2, 0.25) is 0 Å². The van der Waals surface area contributed by atoms with Crippen LogP contribution in [-0.4, -0.2) is 28.0 Å². The summed E-state index contributed by atoms with van der Waals surface area (Å²) < 4.78 is 6.26. The molecule has 9 rings (SSSR count). The minimum Gasteiger partial charge on any atom is -0.377 e. The molecule has 5 heteroatoms. The van der Waals surface area contributed by atoms with E-state index in [4.69, 9.17) is 14.7 Å². The Labute approximate surface area is 302 Å². The Bertz CT molecular complexity index is 2610. The van der Waals surface area contributed by atoms with Gasteiger partial charge in [-0.2, -0.15) is 0 Å². The molecule has 6 aromatic rings. The summed E-state index contributed by atoms with van der Waals surface area (Å²) >= 11 is 0. The fraction of sp³-hybridized carbons (Fsp3) is 0.0638. The highest BCUT2D eigenvalue weighted by molar-refractivity contribution is 6.35. The summed E-state index contributed by atoms with van der Waals surface area (Å²) in [5.41, 5.74) is 15.1. The van der Waals surface area contributed by atoms with Gasteiger partial charge in [-0.05, 0) is 65.6 Å². The minimum absolute atomic E-state index is 0.430. The molecule has 3 aliphatic rings. The van der Waals surface area contributed by atoms with Crippen LogP contribution in [-0.2, 0) is 11.3 Å². The molecule has 3 aliphatic heterocycles. The van der Waals surface area contributed by atoms with Gasteiger partial charge in [-0.15, -0.1) is 0 Å². The topological polar surface area (TPSA) is 65.5 Å². The molecule has 0 atom stereocenters.